The first kappa shape index (κ1) is 15.8. The summed E-state index contributed by atoms with van der Waals surface area (Å²) in [5, 5.41) is 6.00. The molecule has 1 saturated heterocycles. The number of hydrogen-bond acceptors (Lipinski definition) is 3. The van der Waals surface area contributed by atoms with Crippen molar-refractivity contribution in [2.45, 2.75) is 32.2 Å². The zero-order valence-electron chi connectivity index (χ0n) is 13.0. The Balaban J connectivity index is 1.68. The number of urea groups is 1. The van der Waals surface area contributed by atoms with E-state index in [1.165, 1.54) is 0 Å². The van der Waals surface area contributed by atoms with Crippen LogP contribution in [-0.2, 0) is 9.59 Å². The topological polar surface area (TPSA) is 78.5 Å². The number of benzene rings is 1. The molecule has 1 atom stereocenters. The third-order valence-corrected chi connectivity index (χ3v) is 4.69. The molecule has 7 heteroatoms. The predicted molar refractivity (Wildman–Crippen MR) is 86.2 cm³/mol. The Morgan fingerprint density at radius 2 is 2.13 bits per heavy atom. The van der Waals surface area contributed by atoms with Crippen LogP contribution in [0.5, 0.6) is 0 Å². The molecule has 2 fully saturated rings. The molecule has 0 radical (unpaired) electrons. The normalized spacial score (nSPS) is 23.9. The number of rotatable bonds is 4. The summed E-state index contributed by atoms with van der Waals surface area (Å²) < 4.78 is 0. The Morgan fingerprint density at radius 1 is 1.43 bits per heavy atom. The molecule has 23 heavy (non-hydrogen) atoms. The molecule has 3 rings (SSSR count). The number of halogens is 1. The third kappa shape index (κ3) is 2.91. The van der Waals surface area contributed by atoms with Gasteiger partial charge < -0.3 is 10.6 Å². The van der Waals surface area contributed by atoms with E-state index in [1.807, 2.05) is 6.92 Å². The highest BCUT2D eigenvalue weighted by Gasteiger charge is 2.56. The van der Waals surface area contributed by atoms with Gasteiger partial charge in [-0.2, -0.15) is 0 Å². The fourth-order valence-corrected chi connectivity index (χ4v) is 3.12. The minimum Gasteiger partial charge on any atom is -0.324 e. The second-order valence-corrected chi connectivity index (χ2v) is 6.74. The number of imide groups is 1. The van der Waals surface area contributed by atoms with Crippen molar-refractivity contribution in [3.63, 3.8) is 0 Å². The summed E-state index contributed by atoms with van der Waals surface area (Å²) in [7, 11) is 0. The van der Waals surface area contributed by atoms with Crippen LogP contribution < -0.4 is 10.6 Å². The molecule has 0 aromatic heterocycles. The van der Waals surface area contributed by atoms with Gasteiger partial charge in [-0.1, -0.05) is 11.6 Å². The number of aryl methyl sites for hydroxylation is 1. The van der Waals surface area contributed by atoms with E-state index in [9.17, 15) is 14.4 Å². The summed E-state index contributed by atoms with van der Waals surface area (Å²) in [5.74, 6) is -0.572. The summed E-state index contributed by atoms with van der Waals surface area (Å²) in [6.07, 6.45) is 1.85. The summed E-state index contributed by atoms with van der Waals surface area (Å²) in [5.41, 5.74) is 0.551. The Labute approximate surface area is 139 Å². The molecular weight excluding hydrogens is 318 g/mol. The second kappa shape index (κ2) is 5.53. The van der Waals surface area contributed by atoms with Gasteiger partial charge in [-0.05, 0) is 56.4 Å². The minimum absolute atomic E-state index is 0.172. The van der Waals surface area contributed by atoms with E-state index in [4.69, 9.17) is 11.6 Å². The first-order valence-electron chi connectivity index (χ1n) is 7.51. The lowest BCUT2D eigenvalue weighted by atomic mass is 9.96. The van der Waals surface area contributed by atoms with Crippen LogP contribution in [0.2, 0.25) is 5.02 Å². The van der Waals surface area contributed by atoms with Gasteiger partial charge >= 0.3 is 6.03 Å². The van der Waals surface area contributed by atoms with E-state index < -0.39 is 17.5 Å². The van der Waals surface area contributed by atoms with E-state index >= 15 is 0 Å². The molecule has 4 amide bonds. The second-order valence-electron chi connectivity index (χ2n) is 6.31. The number of carbonyl (C=O) groups is 3. The maximum Gasteiger partial charge on any atom is 0.325 e. The van der Waals surface area contributed by atoms with Crippen LogP contribution in [0.15, 0.2) is 18.2 Å². The van der Waals surface area contributed by atoms with E-state index in [0.717, 1.165) is 23.3 Å². The monoisotopic (exact) mass is 335 g/mol. The maximum absolute atomic E-state index is 12.5. The lowest BCUT2D eigenvalue weighted by molar-refractivity contribution is -0.134. The maximum atomic E-state index is 12.5. The van der Waals surface area contributed by atoms with Gasteiger partial charge in [-0.15, -0.1) is 0 Å². The lowest BCUT2D eigenvalue weighted by Crippen LogP contribution is -2.46. The van der Waals surface area contributed by atoms with Gasteiger partial charge in [0, 0.05) is 10.7 Å². The minimum atomic E-state index is -0.868. The van der Waals surface area contributed by atoms with Gasteiger partial charge in [-0.25, -0.2) is 4.79 Å². The van der Waals surface area contributed by atoms with Gasteiger partial charge in [0.2, 0.25) is 5.91 Å². The highest BCUT2D eigenvalue weighted by atomic mass is 35.5. The molecule has 1 aliphatic carbocycles. The Bertz CT molecular complexity index is 702. The van der Waals surface area contributed by atoms with Crippen LogP contribution in [0.4, 0.5) is 10.5 Å². The highest BCUT2D eigenvalue weighted by Crippen LogP contribution is 2.42. The molecular formula is C16H18ClN3O3. The van der Waals surface area contributed by atoms with Gasteiger partial charge in [0.05, 0.1) is 0 Å². The summed E-state index contributed by atoms with van der Waals surface area (Å²) in [4.78, 5) is 37.7. The van der Waals surface area contributed by atoms with Crippen molar-refractivity contribution in [2.75, 3.05) is 11.9 Å². The van der Waals surface area contributed by atoms with E-state index in [-0.39, 0.29) is 18.4 Å². The van der Waals surface area contributed by atoms with Crippen LogP contribution in [0, 0.1) is 12.8 Å². The van der Waals surface area contributed by atoms with Crippen molar-refractivity contribution < 1.29 is 14.4 Å². The number of nitrogens with zero attached hydrogens (tertiary/aromatic N) is 1. The van der Waals surface area contributed by atoms with Crippen molar-refractivity contribution >= 4 is 35.1 Å². The molecule has 2 N–H and O–H groups in total. The van der Waals surface area contributed by atoms with Gasteiger partial charge in [0.25, 0.3) is 5.91 Å². The molecule has 1 heterocycles. The Kier molecular flexibility index (Phi) is 3.80. The van der Waals surface area contributed by atoms with Crippen molar-refractivity contribution in [1.29, 1.82) is 0 Å². The number of anilines is 1. The van der Waals surface area contributed by atoms with Crippen molar-refractivity contribution in [3.05, 3.63) is 28.8 Å². The molecule has 0 spiro atoms. The van der Waals surface area contributed by atoms with Gasteiger partial charge in [0.15, 0.2) is 0 Å². The van der Waals surface area contributed by atoms with Gasteiger partial charge in [-0.3, -0.25) is 14.5 Å². The van der Waals surface area contributed by atoms with E-state index in [1.54, 1.807) is 25.1 Å². The van der Waals surface area contributed by atoms with Crippen LogP contribution >= 0.6 is 11.6 Å². The van der Waals surface area contributed by atoms with E-state index in [2.05, 4.69) is 10.6 Å². The van der Waals surface area contributed by atoms with Crippen LogP contribution in [0.25, 0.3) is 0 Å². The quantitative estimate of drug-likeness (QED) is 0.829. The summed E-state index contributed by atoms with van der Waals surface area (Å²) in [6.45, 7) is 3.25. The third-order valence-electron chi connectivity index (χ3n) is 4.46. The van der Waals surface area contributed by atoms with Crippen LogP contribution in [0.3, 0.4) is 0 Å². The smallest absolute Gasteiger partial charge is 0.324 e. The zero-order chi connectivity index (χ0) is 16.8. The van der Waals surface area contributed by atoms with Gasteiger partial charge in [0.1, 0.15) is 12.1 Å². The Morgan fingerprint density at radius 3 is 2.74 bits per heavy atom. The highest BCUT2D eigenvalue weighted by molar-refractivity contribution is 6.30. The predicted octanol–water partition coefficient (Wildman–Crippen LogP) is 2.31. The molecule has 6 nitrogen and oxygen atoms in total. The molecule has 1 aromatic rings. The Hall–Kier alpha value is -2.08. The standard InChI is InChI=1S/C16H18ClN3O3/c1-9-7-11(17)5-6-12(9)18-13(21)8-20-14(22)16(2,10-3-4-10)19-15(20)23/h5-7,10H,3-4,8H2,1-2H3,(H,18,21)(H,19,23)/t16-/m1/s1. The number of nitrogens with one attached hydrogen (secondary N) is 2. The zero-order valence-corrected chi connectivity index (χ0v) is 13.7. The van der Waals surface area contributed by atoms with Crippen LogP contribution in [-0.4, -0.2) is 34.8 Å². The lowest BCUT2D eigenvalue weighted by Gasteiger charge is -2.20. The first-order valence-corrected chi connectivity index (χ1v) is 7.89. The number of amides is 4. The number of hydrogen-bond donors (Lipinski definition) is 2. The molecule has 1 aliphatic heterocycles. The summed E-state index contributed by atoms with van der Waals surface area (Å²) in [6, 6.07) is 4.58. The SMILES string of the molecule is Cc1cc(Cl)ccc1NC(=O)CN1C(=O)N[C@](C)(C2CC2)C1=O. The fraction of sp³-hybridized carbons (Fsp3) is 0.438. The molecule has 0 bridgehead atoms. The summed E-state index contributed by atoms with van der Waals surface area (Å²) >= 11 is 5.88. The van der Waals surface area contributed by atoms with E-state index in [0.29, 0.717) is 10.7 Å². The van der Waals surface area contributed by atoms with Crippen molar-refractivity contribution in [3.8, 4) is 0 Å². The molecule has 1 saturated carbocycles. The largest absolute Gasteiger partial charge is 0.325 e. The molecule has 1 aromatic carbocycles. The molecule has 2 aliphatic rings. The van der Waals surface area contributed by atoms with Crippen molar-refractivity contribution in [2.24, 2.45) is 5.92 Å². The number of carbonyl (C=O) groups excluding carboxylic acids is 3. The molecule has 0 unspecified atom stereocenters. The fourth-order valence-electron chi connectivity index (χ4n) is 2.90. The molecule has 122 valence electrons. The average molecular weight is 336 g/mol. The average Bonchev–Trinajstić information content (AvgIpc) is 3.28. The van der Waals surface area contributed by atoms with Crippen molar-refractivity contribution in [1.82, 2.24) is 10.2 Å². The first-order chi connectivity index (χ1) is 10.8. The van der Waals surface area contributed by atoms with Crippen LogP contribution in [0.1, 0.15) is 25.3 Å².